The summed E-state index contributed by atoms with van der Waals surface area (Å²) in [6.07, 6.45) is 0. The molecule has 0 amide bonds. The van der Waals surface area contributed by atoms with Gasteiger partial charge in [0, 0.05) is 38.3 Å². The lowest BCUT2D eigenvalue weighted by Crippen LogP contribution is -2.59. The minimum Gasteiger partial charge on any atom is -0.395 e. The Labute approximate surface area is 99.4 Å². The van der Waals surface area contributed by atoms with Crippen LogP contribution >= 0.6 is 0 Å². The van der Waals surface area contributed by atoms with Gasteiger partial charge < -0.3 is 15.7 Å². The van der Waals surface area contributed by atoms with E-state index >= 15 is 0 Å². The van der Waals surface area contributed by atoms with Crippen LogP contribution in [0, 0.1) is 5.41 Å². The molecule has 0 bridgehead atoms. The monoisotopic (exact) mass is 229 g/mol. The van der Waals surface area contributed by atoms with Gasteiger partial charge in [-0.1, -0.05) is 20.8 Å². The minimum atomic E-state index is 0.0147. The molecule has 0 aromatic rings. The zero-order valence-corrected chi connectivity index (χ0v) is 11.1. The van der Waals surface area contributed by atoms with Crippen LogP contribution in [0.15, 0.2) is 0 Å². The Balaban J connectivity index is 2.60. The zero-order valence-electron chi connectivity index (χ0n) is 11.1. The lowest BCUT2D eigenvalue weighted by atomic mass is 9.82. The number of nitrogens with zero attached hydrogens (tertiary/aromatic N) is 2. The lowest BCUT2D eigenvalue weighted by Gasteiger charge is -2.43. The molecular formula is C12H27N3O. The van der Waals surface area contributed by atoms with E-state index in [9.17, 15) is 5.11 Å². The van der Waals surface area contributed by atoms with Gasteiger partial charge in [-0.25, -0.2) is 0 Å². The van der Waals surface area contributed by atoms with Crippen molar-refractivity contribution >= 4 is 0 Å². The van der Waals surface area contributed by atoms with E-state index in [0.717, 1.165) is 26.2 Å². The molecule has 1 aliphatic heterocycles. The molecule has 1 saturated heterocycles. The second-order valence-corrected chi connectivity index (χ2v) is 5.98. The third-order valence-electron chi connectivity index (χ3n) is 3.61. The lowest BCUT2D eigenvalue weighted by molar-refractivity contribution is 0.0390. The van der Waals surface area contributed by atoms with Crippen molar-refractivity contribution in [2.24, 2.45) is 11.1 Å². The van der Waals surface area contributed by atoms with Crippen LogP contribution in [0.2, 0.25) is 0 Å². The van der Waals surface area contributed by atoms with Crippen LogP contribution in [-0.2, 0) is 0 Å². The molecule has 4 heteroatoms. The summed E-state index contributed by atoms with van der Waals surface area (Å²) in [5.41, 5.74) is 6.29. The summed E-state index contributed by atoms with van der Waals surface area (Å²) in [6.45, 7) is 10.7. The highest BCUT2D eigenvalue weighted by atomic mass is 16.3. The third kappa shape index (κ3) is 3.42. The van der Waals surface area contributed by atoms with E-state index in [2.05, 4.69) is 37.6 Å². The van der Waals surface area contributed by atoms with Crippen LogP contribution in [0.3, 0.4) is 0 Å². The van der Waals surface area contributed by atoms with Crippen molar-refractivity contribution in [2.75, 3.05) is 39.8 Å². The molecule has 3 N–H and O–H groups in total. The van der Waals surface area contributed by atoms with Gasteiger partial charge in [-0.15, -0.1) is 0 Å². The maximum atomic E-state index is 9.54. The molecule has 0 aromatic heterocycles. The topological polar surface area (TPSA) is 52.7 Å². The summed E-state index contributed by atoms with van der Waals surface area (Å²) in [5, 5.41) is 9.54. The smallest absolute Gasteiger partial charge is 0.0602 e. The van der Waals surface area contributed by atoms with Crippen LogP contribution in [0.25, 0.3) is 0 Å². The molecule has 0 aromatic carbocycles. The van der Waals surface area contributed by atoms with E-state index in [1.807, 2.05) is 0 Å². The first kappa shape index (κ1) is 13.9. The van der Waals surface area contributed by atoms with Crippen molar-refractivity contribution in [3.8, 4) is 0 Å². The van der Waals surface area contributed by atoms with Gasteiger partial charge in [-0.3, -0.25) is 4.90 Å². The van der Waals surface area contributed by atoms with Crippen LogP contribution in [0.5, 0.6) is 0 Å². The Morgan fingerprint density at radius 3 is 2.06 bits per heavy atom. The highest BCUT2D eigenvalue weighted by Gasteiger charge is 2.33. The Kier molecular flexibility index (Phi) is 4.73. The molecule has 1 fully saturated rings. The molecule has 0 radical (unpaired) electrons. The van der Waals surface area contributed by atoms with Gasteiger partial charge in [0.05, 0.1) is 6.61 Å². The molecular weight excluding hydrogens is 202 g/mol. The van der Waals surface area contributed by atoms with E-state index in [1.165, 1.54) is 0 Å². The number of rotatable bonds is 3. The molecule has 96 valence electrons. The number of hydrogen-bond donors (Lipinski definition) is 2. The maximum Gasteiger partial charge on any atom is 0.0602 e. The van der Waals surface area contributed by atoms with Crippen molar-refractivity contribution in [1.82, 2.24) is 9.80 Å². The highest BCUT2D eigenvalue weighted by molar-refractivity contribution is 4.91. The second-order valence-electron chi connectivity index (χ2n) is 5.98. The highest BCUT2D eigenvalue weighted by Crippen LogP contribution is 2.23. The minimum absolute atomic E-state index is 0.0147. The van der Waals surface area contributed by atoms with E-state index < -0.39 is 0 Å². The zero-order chi connectivity index (χ0) is 12.3. The Bertz CT molecular complexity index is 207. The quantitative estimate of drug-likeness (QED) is 0.713. The van der Waals surface area contributed by atoms with Gasteiger partial charge >= 0.3 is 0 Å². The second kappa shape index (κ2) is 5.45. The van der Waals surface area contributed by atoms with Gasteiger partial charge in [-0.2, -0.15) is 0 Å². The van der Waals surface area contributed by atoms with Crippen LogP contribution in [0.4, 0.5) is 0 Å². The summed E-state index contributed by atoms with van der Waals surface area (Å²) < 4.78 is 0. The van der Waals surface area contributed by atoms with Gasteiger partial charge in [-0.05, 0) is 12.5 Å². The number of aliphatic hydroxyl groups is 1. The average Bonchev–Trinajstić information content (AvgIpc) is 2.20. The predicted octanol–water partition coefficient (Wildman–Crippen LogP) is -0.0319. The Hall–Kier alpha value is -0.160. The van der Waals surface area contributed by atoms with E-state index in [-0.39, 0.29) is 24.1 Å². The SMILES string of the molecule is CN1CCN(C(CO)C(N)C(C)(C)C)CC1. The summed E-state index contributed by atoms with van der Waals surface area (Å²) in [5.74, 6) is 0. The number of aliphatic hydroxyl groups excluding tert-OH is 1. The summed E-state index contributed by atoms with van der Waals surface area (Å²) in [7, 11) is 2.13. The molecule has 2 unspecified atom stereocenters. The Morgan fingerprint density at radius 2 is 1.69 bits per heavy atom. The van der Waals surface area contributed by atoms with Crippen LogP contribution < -0.4 is 5.73 Å². The summed E-state index contributed by atoms with van der Waals surface area (Å²) in [4.78, 5) is 4.64. The van der Waals surface area contributed by atoms with E-state index in [1.54, 1.807) is 0 Å². The fourth-order valence-electron chi connectivity index (χ4n) is 2.19. The predicted molar refractivity (Wildman–Crippen MR) is 67.4 cm³/mol. The van der Waals surface area contributed by atoms with Crippen molar-refractivity contribution in [3.05, 3.63) is 0 Å². The van der Waals surface area contributed by atoms with Crippen molar-refractivity contribution < 1.29 is 5.11 Å². The molecule has 2 atom stereocenters. The molecule has 0 spiro atoms. The number of nitrogens with two attached hydrogens (primary N) is 1. The molecule has 0 aliphatic carbocycles. The fraction of sp³-hybridized carbons (Fsp3) is 1.00. The molecule has 1 aliphatic rings. The van der Waals surface area contributed by atoms with Gasteiger partial charge in [0.1, 0.15) is 0 Å². The molecule has 16 heavy (non-hydrogen) atoms. The average molecular weight is 229 g/mol. The first-order chi connectivity index (χ1) is 7.36. The van der Waals surface area contributed by atoms with Crippen molar-refractivity contribution in [1.29, 1.82) is 0 Å². The molecule has 1 rings (SSSR count). The first-order valence-electron chi connectivity index (χ1n) is 6.15. The summed E-state index contributed by atoms with van der Waals surface area (Å²) in [6, 6.07) is 0.106. The molecule has 1 heterocycles. The maximum absolute atomic E-state index is 9.54. The Morgan fingerprint density at radius 1 is 1.19 bits per heavy atom. The van der Waals surface area contributed by atoms with Gasteiger partial charge in [0.15, 0.2) is 0 Å². The third-order valence-corrected chi connectivity index (χ3v) is 3.61. The van der Waals surface area contributed by atoms with Crippen LogP contribution in [0.1, 0.15) is 20.8 Å². The largest absolute Gasteiger partial charge is 0.395 e. The summed E-state index contributed by atoms with van der Waals surface area (Å²) >= 11 is 0. The number of hydrogen-bond acceptors (Lipinski definition) is 4. The number of piperazine rings is 1. The molecule has 0 saturated carbocycles. The van der Waals surface area contributed by atoms with Gasteiger partial charge in [0.25, 0.3) is 0 Å². The first-order valence-corrected chi connectivity index (χ1v) is 6.15. The van der Waals surface area contributed by atoms with Crippen molar-refractivity contribution in [2.45, 2.75) is 32.9 Å². The van der Waals surface area contributed by atoms with E-state index in [0.29, 0.717) is 0 Å². The van der Waals surface area contributed by atoms with E-state index in [4.69, 9.17) is 5.73 Å². The van der Waals surface area contributed by atoms with Crippen LogP contribution in [-0.4, -0.2) is 66.8 Å². The molecule has 4 nitrogen and oxygen atoms in total. The standard InChI is InChI=1S/C12H27N3O/c1-12(2,3)11(13)10(9-16)15-7-5-14(4)6-8-15/h10-11,16H,5-9,13H2,1-4H3. The van der Waals surface area contributed by atoms with Crippen molar-refractivity contribution in [3.63, 3.8) is 0 Å². The number of likely N-dealkylation sites (N-methyl/N-ethyl adjacent to an activating group) is 1. The fourth-order valence-corrected chi connectivity index (χ4v) is 2.19. The normalized spacial score (nSPS) is 24.4. The van der Waals surface area contributed by atoms with Gasteiger partial charge in [0.2, 0.25) is 0 Å².